The van der Waals surface area contributed by atoms with Crippen molar-refractivity contribution in [1.82, 2.24) is 10.2 Å². The number of likely N-dealkylation sites (N-methyl/N-ethyl adjacent to an activating group) is 1. The average Bonchev–Trinajstić information content (AvgIpc) is 3.22. The van der Waals surface area contributed by atoms with E-state index in [1.807, 2.05) is 13.0 Å². The average molecular weight is 556 g/mol. The normalized spacial score (nSPS) is 22.7. The third-order valence-corrected chi connectivity index (χ3v) is 7.43. The van der Waals surface area contributed by atoms with Gasteiger partial charge in [0.2, 0.25) is 0 Å². The van der Waals surface area contributed by atoms with Crippen molar-refractivity contribution in [3.63, 3.8) is 0 Å². The molecule has 12 heteroatoms. The fraction of sp³-hybridized carbons (Fsp3) is 0.481. The van der Waals surface area contributed by atoms with Crippen LogP contribution in [-0.2, 0) is 10.2 Å². The van der Waals surface area contributed by atoms with Crippen molar-refractivity contribution in [2.24, 2.45) is 0 Å². The van der Waals surface area contributed by atoms with E-state index in [9.17, 15) is 22.4 Å². The van der Waals surface area contributed by atoms with E-state index in [1.165, 1.54) is 11.6 Å². The van der Waals surface area contributed by atoms with Crippen molar-refractivity contribution in [2.45, 2.75) is 56.3 Å². The van der Waals surface area contributed by atoms with E-state index in [-0.39, 0.29) is 23.2 Å². The molecule has 4 rings (SSSR count). The Balaban J connectivity index is 0.000000532. The minimum atomic E-state index is -5.08. The lowest BCUT2D eigenvalue weighted by molar-refractivity contribution is -0.192. The number of halogens is 4. The maximum absolute atomic E-state index is 14.0. The quantitative estimate of drug-likeness (QED) is 0.444. The molecule has 39 heavy (non-hydrogen) atoms. The van der Waals surface area contributed by atoms with E-state index >= 15 is 0 Å². The number of nitrogens with zero attached hydrogens (tertiary/aromatic N) is 1. The van der Waals surface area contributed by atoms with Gasteiger partial charge in [-0.1, -0.05) is 12.1 Å². The summed E-state index contributed by atoms with van der Waals surface area (Å²) in [7, 11) is 5.46. The van der Waals surface area contributed by atoms with Crippen molar-refractivity contribution in [1.29, 1.82) is 0 Å². The molecule has 0 radical (unpaired) electrons. The zero-order valence-electron chi connectivity index (χ0n) is 22.2. The van der Waals surface area contributed by atoms with Crippen molar-refractivity contribution in [3.8, 4) is 11.5 Å². The number of amides is 2. The molecule has 3 unspecified atom stereocenters. The van der Waals surface area contributed by atoms with Crippen LogP contribution < -0.4 is 20.1 Å². The summed E-state index contributed by atoms with van der Waals surface area (Å²) in [5.41, 5.74) is 2.38. The van der Waals surface area contributed by atoms with Crippen LogP contribution in [0.1, 0.15) is 36.8 Å². The fourth-order valence-corrected chi connectivity index (χ4v) is 5.47. The SMILES string of the molecule is COc1ccc(C23CCC(NC(=O)Nc4cc(C)ccc4F)CC2N(C)CC3)cc1OC.O=C(O)C(F)(F)F. The van der Waals surface area contributed by atoms with Gasteiger partial charge in [0.05, 0.1) is 19.9 Å². The van der Waals surface area contributed by atoms with Crippen LogP contribution in [0.15, 0.2) is 36.4 Å². The van der Waals surface area contributed by atoms with Crippen molar-refractivity contribution >= 4 is 17.7 Å². The fourth-order valence-electron chi connectivity index (χ4n) is 5.47. The molecule has 0 spiro atoms. The number of aliphatic carboxylic acids is 1. The second kappa shape index (κ2) is 12.1. The highest BCUT2D eigenvalue weighted by Crippen LogP contribution is 2.49. The van der Waals surface area contributed by atoms with E-state index in [2.05, 4.69) is 34.7 Å². The lowest BCUT2D eigenvalue weighted by atomic mass is 9.65. The van der Waals surface area contributed by atoms with Gasteiger partial charge in [-0.25, -0.2) is 14.0 Å². The molecule has 2 aromatic carbocycles. The largest absolute Gasteiger partial charge is 0.493 e. The number of aryl methyl sites for hydroxylation is 1. The summed E-state index contributed by atoms with van der Waals surface area (Å²) < 4.78 is 56.7. The maximum Gasteiger partial charge on any atom is 0.490 e. The number of fused-ring (bicyclic) bond motifs is 1. The van der Waals surface area contributed by atoms with Gasteiger partial charge in [-0.2, -0.15) is 13.2 Å². The number of carboxylic acids is 1. The zero-order chi connectivity index (χ0) is 29.0. The Morgan fingerprint density at radius 2 is 1.74 bits per heavy atom. The number of hydrogen-bond acceptors (Lipinski definition) is 5. The monoisotopic (exact) mass is 555 g/mol. The Bertz CT molecular complexity index is 1190. The van der Waals surface area contributed by atoms with Crippen molar-refractivity contribution in [3.05, 3.63) is 53.3 Å². The first-order chi connectivity index (χ1) is 18.3. The Labute approximate surface area is 224 Å². The van der Waals surface area contributed by atoms with Gasteiger partial charge in [-0.05, 0) is 81.6 Å². The van der Waals surface area contributed by atoms with Gasteiger partial charge >= 0.3 is 18.2 Å². The number of anilines is 1. The summed E-state index contributed by atoms with van der Waals surface area (Å²) in [5.74, 6) is -1.72. The first-order valence-corrected chi connectivity index (χ1v) is 12.4. The molecule has 3 atom stereocenters. The summed E-state index contributed by atoms with van der Waals surface area (Å²) in [6.07, 6.45) is -1.35. The number of ether oxygens (including phenoxy) is 2. The topological polar surface area (TPSA) is 100 Å². The second-order valence-electron chi connectivity index (χ2n) is 9.83. The van der Waals surface area contributed by atoms with Crippen molar-refractivity contribution < 1.29 is 41.7 Å². The van der Waals surface area contributed by atoms with E-state index in [1.54, 1.807) is 26.4 Å². The Morgan fingerprint density at radius 1 is 1.08 bits per heavy atom. The van der Waals surface area contributed by atoms with E-state index in [0.717, 1.165) is 49.3 Å². The molecule has 1 heterocycles. The molecule has 1 aliphatic carbocycles. The minimum Gasteiger partial charge on any atom is -0.493 e. The first kappa shape index (κ1) is 30.0. The third kappa shape index (κ3) is 6.92. The van der Waals surface area contributed by atoms with Crippen LogP contribution in [0, 0.1) is 12.7 Å². The minimum absolute atomic E-state index is 0.0195. The number of alkyl halides is 3. The summed E-state index contributed by atoms with van der Waals surface area (Å²) in [6, 6.07) is 10.9. The van der Waals surface area contributed by atoms with Crippen LogP contribution in [-0.4, -0.2) is 68.1 Å². The number of hydrogen-bond donors (Lipinski definition) is 3. The van der Waals surface area contributed by atoms with Gasteiger partial charge in [0.15, 0.2) is 11.5 Å². The number of carboxylic acid groups (broad SMARTS) is 1. The second-order valence-corrected chi connectivity index (χ2v) is 9.83. The summed E-state index contributed by atoms with van der Waals surface area (Å²) in [6.45, 7) is 2.87. The number of carbonyl (C=O) groups is 2. The molecule has 2 aliphatic rings. The molecule has 2 aromatic rings. The molecule has 1 aliphatic heterocycles. The maximum atomic E-state index is 14.0. The predicted octanol–water partition coefficient (Wildman–Crippen LogP) is 5.10. The Hall–Kier alpha value is -3.54. The first-order valence-electron chi connectivity index (χ1n) is 12.4. The summed E-state index contributed by atoms with van der Waals surface area (Å²) >= 11 is 0. The lowest BCUT2D eigenvalue weighted by Crippen LogP contribution is -2.52. The van der Waals surface area contributed by atoms with E-state index in [4.69, 9.17) is 19.4 Å². The van der Waals surface area contributed by atoms with Gasteiger partial charge in [0.1, 0.15) is 5.82 Å². The van der Waals surface area contributed by atoms with E-state index in [0.29, 0.717) is 6.04 Å². The van der Waals surface area contributed by atoms with Gasteiger partial charge in [-0.15, -0.1) is 0 Å². The summed E-state index contributed by atoms with van der Waals surface area (Å²) in [4.78, 5) is 23.9. The molecular weight excluding hydrogens is 522 g/mol. The van der Waals surface area contributed by atoms with Crippen LogP contribution in [0.25, 0.3) is 0 Å². The molecular formula is C27H33F4N3O5. The van der Waals surface area contributed by atoms with Gasteiger partial charge in [0.25, 0.3) is 0 Å². The standard InChI is InChI=1S/C25H32FN3O3.C2HF3O2/c1-16-5-7-19(26)20(13-16)28-24(30)27-18-9-10-25(11-12-29(2)23(25)15-18)17-6-8-21(31-3)22(14-17)32-4;3-2(4,5)1(6)7/h5-8,13-14,18,23H,9-12,15H2,1-4H3,(H2,27,28,30);(H,6,7). The highest BCUT2D eigenvalue weighted by molar-refractivity contribution is 5.89. The molecule has 0 bridgehead atoms. The molecule has 8 nitrogen and oxygen atoms in total. The number of rotatable bonds is 5. The smallest absolute Gasteiger partial charge is 0.490 e. The number of urea groups is 1. The lowest BCUT2D eigenvalue weighted by Gasteiger charge is -2.45. The molecule has 0 aromatic heterocycles. The van der Waals surface area contributed by atoms with Gasteiger partial charge < -0.3 is 30.1 Å². The molecule has 3 N–H and O–H groups in total. The van der Waals surface area contributed by atoms with Crippen LogP contribution in [0.5, 0.6) is 11.5 Å². The van der Waals surface area contributed by atoms with Crippen LogP contribution in [0.4, 0.5) is 28.0 Å². The number of likely N-dealkylation sites (tertiary alicyclic amines) is 1. The van der Waals surface area contributed by atoms with Crippen LogP contribution in [0.2, 0.25) is 0 Å². The summed E-state index contributed by atoms with van der Waals surface area (Å²) in [5, 5.41) is 12.9. The molecule has 1 saturated carbocycles. The number of benzene rings is 2. The molecule has 214 valence electrons. The zero-order valence-corrected chi connectivity index (χ0v) is 22.2. The molecule has 2 fully saturated rings. The highest BCUT2D eigenvalue weighted by atomic mass is 19.4. The predicted molar refractivity (Wildman–Crippen MR) is 137 cm³/mol. The van der Waals surface area contributed by atoms with Crippen LogP contribution in [0.3, 0.4) is 0 Å². The van der Waals surface area contributed by atoms with Crippen LogP contribution >= 0.6 is 0 Å². The Kier molecular flexibility index (Phi) is 9.31. The third-order valence-electron chi connectivity index (χ3n) is 7.43. The number of carbonyl (C=O) groups excluding carboxylic acids is 1. The molecule has 1 saturated heterocycles. The Morgan fingerprint density at radius 3 is 2.36 bits per heavy atom. The molecule has 2 amide bonds. The van der Waals surface area contributed by atoms with Gasteiger partial charge in [0, 0.05) is 17.5 Å². The highest BCUT2D eigenvalue weighted by Gasteiger charge is 2.50. The number of nitrogens with one attached hydrogen (secondary N) is 2. The number of methoxy groups -OCH3 is 2. The van der Waals surface area contributed by atoms with E-state index < -0.39 is 18.0 Å². The van der Waals surface area contributed by atoms with Gasteiger partial charge in [-0.3, -0.25) is 0 Å². The van der Waals surface area contributed by atoms with Crippen molar-refractivity contribution in [2.75, 3.05) is 33.1 Å².